The third-order valence-electron chi connectivity index (χ3n) is 3.68. The number of ether oxygens (including phenoxy) is 2. The molecule has 0 heterocycles. The fourth-order valence-electron chi connectivity index (χ4n) is 2.06. The third-order valence-corrected chi connectivity index (χ3v) is 5.04. The molecule has 124 valence electrons. The summed E-state index contributed by atoms with van der Waals surface area (Å²) in [5, 5.41) is 2.25. The summed E-state index contributed by atoms with van der Waals surface area (Å²) >= 11 is 17.3. The van der Waals surface area contributed by atoms with Gasteiger partial charge in [-0.25, -0.2) is 4.79 Å². The number of carbonyl (C=O) groups excluding carboxylic acids is 1. The minimum Gasteiger partial charge on any atom is -0.429 e. The van der Waals surface area contributed by atoms with Crippen molar-refractivity contribution in [3.05, 3.63) is 47.5 Å². The van der Waals surface area contributed by atoms with Gasteiger partial charge in [0.05, 0.1) is 0 Å². The van der Waals surface area contributed by atoms with Gasteiger partial charge < -0.3 is 9.47 Å². The topological polar surface area (TPSA) is 35.5 Å². The molecule has 0 bridgehead atoms. The van der Waals surface area contributed by atoms with Gasteiger partial charge in [-0.2, -0.15) is 0 Å². The maximum absolute atomic E-state index is 11.8. The first-order chi connectivity index (χ1) is 10.6. The van der Waals surface area contributed by atoms with E-state index in [0.717, 1.165) is 21.9 Å². The van der Waals surface area contributed by atoms with Crippen molar-refractivity contribution in [1.29, 1.82) is 0 Å². The molecule has 2 rings (SSSR count). The molecule has 0 atom stereocenters. The van der Waals surface area contributed by atoms with E-state index in [-0.39, 0.29) is 6.61 Å². The van der Waals surface area contributed by atoms with Gasteiger partial charge in [0.2, 0.25) is 3.79 Å². The minimum atomic E-state index is -1.75. The largest absolute Gasteiger partial charge is 0.509 e. The zero-order chi connectivity index (χ0) is 17.3. The molecule has 0 spiro atoms. The van der Waals surface area contributed by atoms with Gasteiger partial charge in [-0.1, -0.05) is 71.2 Å². The van der Waals surface area contributed by atoms with Crippen LogP contribution in [-0.4, -0.2) is 15.5 Å². The second kappa shape index (κ2) is 6.76. The Labute approximate surface area is 150 Å². The SMILES string of the molecule is Cc1c(COC(=O)OC(C)(C)C(Cl)(Cl)Cl)ccc2ccccc12. The smallest absolute Gasteiger partial charge is 0.429 e. The van der Waals surface area contributed by atoms with Gasteiger partial charge in [-0.05, 0) is 42.7 Å². The standard InChI is InChI=1S/C17H17Cl3O3/c1-11-13(9-8-12-6-4-5-7-14(11)12)10-22-15(21)23-16(2,3)17(18,19)20/h4-9H,10H2,1-3H3. The summed E-state index contributed by atoms with van der Waals surface area (Å²) in [6.07, 6.45) is -0.881. The van der Waals surface area contributed by atoms with Crippen LogP contribution in [0.15, 0.2) is 36.4 Å². The predicted molar refractivity (Wildman–Crippen MR) is 94.3 cm³/mol. The lowest BCUT2D eigenvalue weighted by Gasteiger charge is -2.31. The Morgan fingerprint density at radius 3 is 2.39 bits per heavy atom. The summed E-state index contributed by atoms with van der Waals surface area (Å²) in [6.45, 7) is 5.08. The second-order valence-electron chi connectivity index (χ2n) is 5.72. The Balaban J connectivity index is 2.07. The van der Waals surface area contributed by atoms with Crippen molar-refractivity contribution in [2.24, 2.45) is 0 Å². The molecular formula is C17H17Cl3O3. The molecule has 0 unspecified atom stereocenters. The van der Waals surface area contributed by atoms with Gasteiger partial charge in [-0.15, -0.1) is 0 Å². The molecule has 0 aliphatic rings. The first kappa shape index (κ1) is 18.2. The molecule has 23 heavy (non-hydrogen) atoms. The number of rotatable bonds is 3. The molecule has 0 saturated heterocycles. The third kappa shape index (κ3) is 4.23. The average molecular weight is 376 g/mol. The highest BCUT2D eigenvalue weighted by Gasteiger charge is 2.44. The number of hydrogen-bond acceptors (Lipinski definition) is 3. The lowest BCUT2D eigenvalue weighted by atomic mass is 10.0. The van der Waals surface area contributed by atoms with E-state index in [9.17, 15) is 4.79 Å². The van der Waals surface area contributed by atoms with E-state index in [1.165, 1.54) is 13.8 Å². The molecule has 2 aromatic carbocycles. The molecule has 0 fully saturated rings. The molecule has 0 aromatic heterocycles. The van der Waals surface area contributed by atoms with E-state index < -0.39 is 15.5 Å². The molecule has 0 aliphatic heterocycles. The highest BCUT2D eigenvalue weighted by Crippen LogP contribution is 2.40. The number of carbonyl (C=O) groups is 1. The normalized spacial score (nSPS) is 12.3. The van der Waals surface area contributed by atoms with E-state index in [4.69, 9.17) is 44.3 Å². The Morgan fingerprint density at radius 2 is 1.74 bits per heavy atom. The van der Waals surface area contributed by atoms with Crippen LogP contribution in [0.3, 0.4) is 0 Å². The zero-order valence-electron chi connectivity index (χ0n) is 13.0. The van der Waals surface area contributed by atoms with Gasteiger partial charge in [0, 0.05) is 0 Å². The summed E-state index contributed by atoms with van der Waals surface area (Å²) in [5.74, 6) is 0. The molecule has 0 aliphatic carbocycles. The van der Waals surface area contributed by atoms with Crippen molar-refractivity contribution in [2.75, 3.05) is 0 Å². The maximum atomic E-state index is 11.8. The fraction of sp³-hybridized carbons (Fsp3) is 0.353. The summed E-state index contributed by atoms with van der Waals surface area (Å²) < 4.78 is 8.50. The lowest BCUT2D eigenvalue weighted by Crippen LogP contribution is -2.41. The number of benzene rings is 2. The molecule has 0 amide bonds. The van der Waals surface area contributed by atoms with E-state index in [0.29, 0.717) is 0 Å². The molecule has 6 heteroatoms. The molecule has 0 radical (unpaired) electrons. The first-order valence-electron chi connectivity index (χ1n) is 7.01. The highest BCUT2D eigenvalue weighted by molar-refractivity contribution is 6.68. The average Bonchev–Trinajstić information content (AvgIpc) is 2.45. The Morgan fingerprint density at radius 1 is 1.09 bits per heavy atom. The van der Waals surface area contributed by atoms with E-state index in [2.05, 4.69) is 0 Å². The van der Waals surface area contributed by atoms with Crippen LogP contribution in [0.4, 0.5) is 4.79 Å². The van der Waals surface area contributed by atoms with Gasteiger partial charge in [0.1, 0.15) is 6.61 Å². The van der Waals surface area contributed by atoms with Crippen LogP contribution < -0.4 is 0 Å². The van der Waals surface area contributed by atoms with E-state index in [1.54, 1.807) is 0 Å². The summed E-state index contributed by atoms with van der Waals surface area (Å²) in [6, 6.07) is 11.9. The first-order valence-corrected chi connectivity index (χ1v) is 8.15. The van der Waals surface area contributed by atoms with Crippen molar-refractivity contribution in [2.45, 2.75) is 36.8 Å². The van der Waals surface area contributed by atoms with Crippen molar-refractivity contribution in [3.8, 4) is 0 Å². The lowest BCUT2D eigenvalue weighted by molar-refractivity contribution is -0.0179. The number of alkyl halides is 3. The van der Waals surface area contributed by atoms with Crippen LogP contribution >= 0.6 is 34.8 Å². The van der Waals surface area contributed by atoms with Crippen LogP contribution in [0.2, 0.25) is 0 Å². The zero-order valence-corrected chi connectivity index (χ0v) is 15.3. The van der Waals surface area contributed by atoms with Crippen LogP contribution in [0.1, 0.15) is 25.0 Å². The Kier molecular flexibility index (Phi) is 5.34. The number of halogens is 3. The second-order valence-corrected chi connectivity index (χ2v) is 8.00. The van der Waals surface area contributed by atoms with Gasteiger partial charge in [0.25, 0.3) is 0 Å². The van der Waals surface area contributed by atoms with Crippen LogP contribution in [0, 0.1) is 6.92 Å². The number of aryl methyl sites for hydroxylation is 1. The van der Waals surface area contributed by atoms with Crippen molar-refractivity contribution in [1.82, 2.24) is 0 Å². The molecule has 3 nitrogen and oxygen atoms in total. The van der Waals surface area contributed by atoms with Crippen molar-refractivity contribution in [3.63, 3.8) is 0 Å². The van der Waals surface area contributed by atoms with Crippen LogP contribution in [-0.2, 0) is 16.1 Å². The van der Waals surface area contributed by atoms with Crippen LogP contribution in [0.25, 0.3) is 10.8 Å². The fourth-order valence-corrected chi connectivity index (χ4v) is 2.18. The van der Waals surface area contributed by atoms with Gasteiger partial charge in [-0.3, -0.25) is 0 Å². The number of fused-ring (bicyclic) bond motifs is 1. The van der Waals surface area contributed by atoms with E-state index >= 15 is 0 Å². The summed E-state index contributed by atoms with van der Waals surface area (Å²) in [4.78, 5) is 11.8. The van der Waals surface area contributed by atoms with Crippen molar-refractivity contribution >= 4 is 51.7 Å². The van der Waals surface area contributed by atoms with Crippen molar-refractivity contribution < 1.29 is 14.3 Å². The molecule has 0 N–H and O–H groups in total. The Hall–Kier alpha value is -1.16. The van der Waals surface area contributed by atoms with Gasteiger partial charge in [0.15, 0.2) is 5.60 Å². The monoisotopic (exact) mass is 374 g/mol. The quantitative estimate of drug-likeness (QED) is 0.491. The maximum Gasteiger partial charge on any atom is 0.509 e. The summed E-state index contributed by atoms with van der Waals surface area (Å²) in [7, 11) is 0. The molecule has 0 saturated carbocycles. The van der Waals surface area contributed by atoms with E-state index in [1.807, 2.05) is 43.3 Å². The van der Waals surface area contributed by atoms with Gasteiger partial charge >= 0.3 is 6.16 Å². The summed E-state index contributed by atoms with van der Waals surface area (Å²) in [5.41, 5.74) is 0.650. The molecular weight excluding hydrogens is 359 g/mol. The highest BCUT2D eigenvalue weighted by atomic mass is 35.6. The Bertz CT molecular complexity index is 721. The predicted octanol–water partition coefficient (Wildman–Crippen LogP) is 5.95. The minimum absolute atomic E-state index is 0.0887. The number of hydrogen-bond donors (Lipinski definition) is 0. The molecule has 2 aromatic rings. The van der Waals surface area contributed by atoms with Crippen LogP contribution in [0.5, 0.6) is 0 Å².